The second-order valence-corrected chi connectivity index (χ2v) is 5.54. The molecule has 0 aliphatic heterocycles. The first-order valence-electron chi connectivity index (χ1n) is 6.34. The van der Waals surface area contributed by atoms with Crippen molar-refractivity contribution in [2.24, 2.45) is 0 Å². The number of rotatable bonds is 6. The molecule has 2 unspecified atom stereocenters. The van der Waals surface area contributed by atoms with Crippen molar-refractivity contribution < 1.29 is 4.74 Å². The van der Waals surface area contributed by atoms with Crippen molar-refractivity contribution in [3.63, 3.8) is 0 Å². The van der Waals surface area contributed by atoms with Crippen LogP contribution in [0, 0.1) is 0 Å². The first-order valence-corrected chi connectivity index (χ1v) is 7.60. The van der Waals surface area contributed by atoms with Crippen LogP contribution in [0.4, 0.5) is 0 Å². The SMILES string of the molecule is CCOC(c1ccccc1)C(NC)c1sccc1Cl. The molecule has 0 fully saturated rings. The van der Waals surface area contributed by atoms with Gasteiger partial charge in [0.25, 0.3) is 0 Å². The van der Waals surface area contributed by atoms with Gasteiger partial charge in [0.2, 0.25) is 0 Å². The molecular formula is C15H18ClNOS. The molecule has 0 spiro atoms. The highest BCUT2D eigenvalue weighted by atomic mass is 35.5. The van der Waals surface area contributed by atoms with E-state index in [0.29, 0.717) is 6.61 Å². The third-order valence-corrected chi connectivity index (χ3v) is 4.46. The topological polar surface area (TPSA) is 21.3 Å². The van der Waals surface area contributed by atoms with Gasteiger partial charge < -0.3 is 10.1 Å². The lowest BCUT2D eigenvalue weighted by molar-refractivity contribution is 0.0356. The Morgan fingerprint density at radius 3 is 2.53 bits per heavy atom. The Morgan fingerprint density at radius 2 is 2.00 bits per heavy atom. The van der Waals surface area contributed by atoms with Crippen LogP contribution in [0.2, 0.25) is 5.02 Å². The van der Waals surface area contributed by atoms with Crippen LogP contribution < -0.4 is 5.32 Å². The number of thiophene rings is 1. The normalized spacial score (nSPS) is 14.3. The summed E-state index contributed by atoms with van der Waals surface area (Å²) in [6, 6.07) is 12.3. The van der Waals surface area contributed by atoms with Gasteiger partial charge in [0.05, 0.1) is 11.1 Å². The number of halogens is 1. The Hall–Kier alpha value is -0.870. The van der Waals surface area contributed by atoms with Crippen LogP contribution in [0.15, 0.2) is 41.8 Å². The fourth-order valence-electron chi connectivity index (χ4n) is 2.15. The zero-order chi connectivity index (χ0) is 13.7. The van der Waals surface area contributed by atoms with Crippen molar-refractivity contribution in [1.29, 1.82) is 0 Å². The largest absolute Gasteiger partial charge is 0.372 e. The molecule has 1 aromatic heterocycles. The molecule has 2 atom stereocenters. The first-order chi connectivity index (χ1) is 9.27. The Kier molecular flexibility index (Phi) is 5.40. The zero-order valence-electron chi connectivity index (χ0n) is 11.1. The maximum atomic E-state index is 6.26. The van der Waals surface area contributed by atoms with Gasteiger partial charge in [-0.3, -0.25) is 0 Å². The summed E-state index contributed by atoms with van der Waals surface area (Å²) < 4.78 is 5.95. The maximum absolute atomic E-state index is 6.26. The second kappa shape index (κ2) is 7.06. The van der Waals surface area contributed by atoms with Crippen LogP contribution in [0.5, 0.6) is 0 Å². The molecule has 1 N–H and O–H groups in total. The smallest absolute Gasteiger partial charge is 0.103 e. The van der Waals surface area contributed by atoms with Crippen molar-refractivity contribution in [2.75, 3.05) is 13.7 Å². The van der Waals surface area contributed by atoms with E-state index < -0.39 is 0 Å². The van der Waals surface area contributed by atoms with Gasteiger partial charge in [0.15, 0.2) is 0 Å². The van der Waals surface area contributed by atoms with Crippen molar-refractivity contribution in [2.45, 2.75) is 19.1 Å². The molecule has 0 aliphatic rings. The predicted molar refractivity (Wildman–Crippen MR) is 81.9 cm³/mol. The highest BCUT2D eigenvalue weighted by Crippen LogP contribution is 2.38. The Morgan fingerprint density at radius 1 is 1.26 bits per heavy atom. The van der Waals surface area contributed by atoms with Crippen molar-refractivity contribution in [3.8, 4) is 0 Å². The monoisotopic (exact) mass is 295 g/mol. The summed E-state index contributed by atoms with van der Waals surface area (Å²) in [7, 11) is 1.94. The zero-order valence-corrected chi connectivity index (χ0v) is 12.7. The average molecular weight is 296 g/mol. The molecule has 2 rings (SSSR count). The molecule has 0 saturated heterocycles. The third kappa shape index (κ3) is 3.37. The Bertz CT molecular complexity index is 500. The van der Waals surface area contributed by atoms with Crippen LogP contribution in [-0.2, 0) is 4.74 Å². The van der Waals surface area contributed by atoms with Gasteiger partial charge in [-0.05, 0) is 31.0 Å². The summed E-state index contributed by atoms with van der Waals surface area (Å²) in [5, 5.41) is 6.14. The number of hydrogen-bond donors (Lipinski definition) is 1. The summed E-state index contributed by atoms with van der Waals surface area (Å²) in [4.78, 5) is 1.12. The van der Waals surface area contributed by atoms with Crippen LogP contribution >= 0.6 is 22.9 Å². The van der Waals surface area contributed by atoms with E-state index in [1.54, 1.807) is 11.3 Å². The molecule has 0 amide bonds. The number of likely N-dealkylation sites (N-methyl/N-ethyl adjacent to an activating group) is 1. The summed E-state index contributed by atoms with van der Waals surface area (Å²) in [5.74, 6) is 0. The average Bonchev–Trinajstić information content (AvgIpc) is 2.86. The molecule has 0 saturated carbocycles. The molecule has 0 radical (unpaired) electrons. The van der Waals surface area contributed by atoms with E-state index in [-0.39, 0.29) is 12.1 Å². The standard InChI is InChI=1S/C15H18ClNOS/c1-3-18-14(11-7-5-4-6-8-11)13(17-2)15-12(16)9-10-19-15/h4-10,13-14,17H,3H2,1-2H3. The van der Waals surface area contributed by atoms with Gasteiger partial charge in [0.1, 0.15) is 6.10 Å². The van der Waals surface area contributed by atoms with Gasteiger partial charge in [-0.25, -0.2) is 0 Å². The Balaban J connectivity index is 2.34. The molecular weight excluding hydrogens is 278 g/mol. The molecule has 2 nitrogen and oxygen atoms in total. The van der Waals surface area contributed by atoms with Gasteiger partial charge in [-0.2, -0.15) is 0 Å². The van der Waals surface area contributed by atoms with Gasteiger partial charge >= 0.3 is 0 Å². The molecule has 1 aromatic carbocycles. The lowest BCUT2D eigenvalue weighted by atomic mass is 10.0. The van der Waals surface area contributed by atoms with Crippen molar-refractivity contribution in [1.82, 2.24) is 5.32 Å². The molecule has 1 heterocycles. The predicted octanol–water partition coefficient (Wildman–Crippen LogP) is 4.44. The molecule has 19 heavy (non-hydrogen) atoms. The highest BCUT2D eigenvalue weighted by molar-refractivity contribution is 7.10. The lowest BCUT2D eigenvalue weighted by Gasteiger charge is -2.26. The third-order valence-electron chi connectivity index (χ3n) is 3.02. The summed E-state index contributed by atoms with van der Waals surface area (Å²) in [5.41, 5.74) is 1.16. The van der Waals surface area contributed by atoms with Crippen LogP contribution in [0.3, 0.4) is 0 Å². The van der Waals surface area contributed by atoms with E-state index in [1.807, 2.05) is 43.6 Å². The Labute approximate surface area is 123 Å². The minimum absolute atomic E-state index is 0.0349. The summed E-state index contributed by atoms with van der Waals surface area (Å²) in [6.45, 7) is 2.68. The molecule has 4 heteroatoms. The minimum atomic E-state index is -0.0349. The quantitative estimate of drug-likeness (QED) is 0.850. The number of nitrogens with one attached hydrogen (secondary N) is 1. The van der Waals surface area contributed by atoms with Crippen LogP contribution in [0.25, 0.3) is 0 Å². The molecule has 2 aromatic rings. The van der Waals surface area contributed by atoms with Crippen molar-refractivity contribution >= 4 is 22.9 Å². The molecule has 102 valence electrons. The van der Waals surface area contributed by atoms with Gasteiger partial charge in [-0.15, -0.1) is 11.3 Å². The van der Waals surface area contributed by atoms with Crippen molar-refractivity contribution in [3.05, 3.63) is 57.2 Å². The van der Waals surface area contributed by atoms with E-state index in [1.165, 1.54) is 0 Å². The van der Waals surface area contributed by atoms with E-state index in [0.717, 1.165) is 15.5 Å². The van der Waals surface area contributed by atoms with E-state index in [2.05, 4.69) is 17.4 Å². The summed E-state index contributed by atoms with van der Waals surface area (Å²) in [6.07, 6.45) is -0.0349. The van der Waals surface area contributed by atoms with Crippen LogP contribution in [-0.4, -0.2) is 13.7 Å². The molecule has 0 bridgehead atoms. The van der Waals surface area contributed by atoms with E-state index >= 15 is 0 Å². The maximum Gasteiger partial charge on any atom is 0.103 e. The van der Waals surface area contributed by atoms with Crippen LogP contribution in [0.1, 0.15) is 29.5 Å². The number of ether oxygens (including phenoxy) is 1. The van der Waals surface area contributed by atoms with Gasteiger partial charge in [-0.1, -0.05) is 41.9 Å². The van der Waals surface area contributed by atoms with E-state index in [9.17, 15) is 0 Å². The lowest BCUT2D eigenvalue weighted by Crippen LogP contribution is -2.25. The van der Waals surface area contributed by atoms with E-state index in [4.69, 9.17) is 16.3 Å². The second-order valence-electron chi connectivity index (χ2n) is 4.19. The summed E-state index contributed by atoms with van der Waals surface area (Å²) >= 11 is 7.92. The fraction of sp³-hybridized carbons (Fsp3) is 0.333. The number of hydrogen-bond acceptors (Lipinski definition) is 3. The fourth-order valence-corrected chi connectivity index (χ4v) is 3.46. The molecule has 0 aliphatic carbocycles. The number of benzene rings is 1. The van der Waals surface area contributed by atoms with Gasteiger partial charge in [0, 0.05) is 11.5 Å². The highest BCUT2D eigenvalue weighted by Gasteiger charge is 2.26. The first kappa shape index (κ1) is 14.5. The minimum Gasteiger partial charge on any atom is -0.372 e.